The Morgan fingerprint density at radius 3 is 2.59 bits per heavy atom. The Hall–Kier alpha value is -3.67. The summed E-state index contributed by atoms with van der Waals surface area (Å²) in [5.74, 6) is 1.04. The van der Waals surface area contributed by atoms with Crippen molar-refractivity contribution in [3.63, 3.8) is 0 Å². The Bertz CT molecular complexity index is 1400. The van der Waals surface area contributed by atoms with Gasteiger partial charge in [-0.25, -0.2) is 4.98 Å². The van der Waals surface area contributed by atoms with E-state index in [2.05, 4.69) is 10.3 Å². The van der Waals surface area contributed by atoms with Gasteiger partial charge in [0.15, 0.2) is 0 Å². The molecule has 2 heterocycles. The zero-order valence-corrected chi connectivity index (χ0v) is 18.4. The Balaban J connectivity index is 1.32. The Labute approximate surface area is 193 Å². The van der Waals surface area contributed by atoms with Crippen LogP contribution in [-0.2, 0) is 4.79 Å². The van der Waals surface area contributed by atoms with Crippen LogP contribution in [0.5, 0.6) is 0 Å². The van der Waals surface area contributed by atoms with Gasteiger partial charge in [-0.2, -0.15) is 0 Å². The number of thiazole rings is 1. The molecule has 0 aliphatic rings. The van der Waals surface area contributed by atoms with Crippen LogP contribution in [0.2, 0.25) is 5.02 Å². The summed E-state index contributed by atoms with van der Waals surface area (Å²) in [5, 5.41) is 4.17. The fraction of sp³-hybridized carbons (Fsp3) is 0. The molecular weight excluding hydrogens is 440 g/mol. The van der Waals surface area contributed by atoms with E-state index in [1.165, 1.54) is 6.08 Å². The molecule has 1 amide bonds. The molecule has 0 atom stereocenters. The molecule has 32 heavy (non-hydrogen) atoms. The van der Waals surface area contributed by atoms with Crippen LogP contribution in [0.3, 0.4) is 0 Å². The second-order valence-corrected chi connectivity index (χ2v) is 8.51. The quantitative estimate of drug-likeness (QED) is 0.278. The number of carbonyl (C=O) groups is 1. The number of halogens is 1. The van der Waals surface area contributed by atoms with E-state index >= 15 is 0 Å². The molecule has 1 N–H and O–H groups in total. The zero-order chi connectivity index (χ0) is 21.9. The normalized spacial score (nSPS) is 11.3. The van der Waals surface area contributed by atoms with E-state index in [0.717, 1.165) is 32.1 Å². The van der Waals surface area contributed by atoms with Gasteiger partial charge in [0.05, 0.1) is 20.9 Å². The van der Waals surface area contributed by atoms with Gasteiger partial charge in [0, 0.05) is 17.2 Å². The van der Waals surface area contributed by atoms with E-state index in [0.29, 0.717) is 16.5 Å². The maximum Gasteiger partial charge on any atom is 0.248 e. The largest absolute Gasteiger partial charge is 0.457 e. The van der Waals surface area contributed by atoms with Crippen molar-refractivity contribution < 1.29 is 9.21 Å². The lowest BCUT2D eigenvalue weighted by atomic mass is 10.2. The molecule has 5 aromatic rings. The molecule has 156 valence electrons. The third-order valence-electron chi connectivity index (χ3n) is 4.85. The number of nitrogens with one attached hydrogen (secondary N) is 1. The first-order valence-electron chi connectivity index (χ1n) is 9.95. The third kappa shape index (κ3) is 4.35. The van der Waals surface area contributed by atoms with E-state index in [9.17, 15) is 4.79 Å². The molecule has 0 spiro atoms. The number of hydrogen-bond acceptors (Lipinski definition) is 4. The fourth-order valence-electron chi connectivity index (χ4n) is 3.28. The van der Waals surface area contributed by atoms with Crippen molar-refractivity contribution in [2.45, 2.75) is 0 Å². The molecule has 0 unspecified atom stereocenters. The third-order valence-corrected chi connectivity index (χ3v) is 6.26. The van der Waals surface area contributed by atoms with E-state index < -0.39 is 0 Å². The summed E-state index contributed by atoms with van der Waals surface area (Å²) < 4.78 is 6.91. The van der Waals surface area contributed by atoms with Gasteiger partial charge >= 0.3 is 0 Å². The maximum absolute atomic E-state index is 12.5. The highest BCUT2D eigenvalue weighted by atomic mass is 35.5. The highest BCUT2D eigenvalue weighted by Crippen LogP contribution is 2.34. The van der Waals surface area contributed by atoms with Crippen LogP contribution in [0, 0.1) is 0 Å². The first kappa shape index (κ1) is 20.2. The van der Waals surface area contributed by atoms with Gasteiger partial charge in [0.25, 0.3) is 0 Å². The molecule has 5 rings (SSSR count). The van der Waals surface area contributed by atoms with Gasteiger partial charge in [-0.3, -0.25) is 4.79 Å². The summed E-state index contributed by atoms with van der Waals surface area (Å²) >= 11 is 7.92. The van der Waals surface area contributed by atoms with Crippen LogP contribution < -0.4 is 5.32 Å². The molecule has 0 fully saturated rings. The standard InChI is InChI=1S/C26H17ClN2O2S/c27-20-13-10-18(26-29-21-8-4-5-9-24(21)32-26)16-22(20)28-25(30)15-12-19-11-14-23(31-19)17-6-2-1-3-7-17/h1-16H,(H,28,30)/b15-12+. The number of aromatic nitrogens is 1. The highest BCUT2D eigenvalue weighted by molar-refractivity contribution is 7.21. The smallest absolute Gasteiger partial charge is 0.248 e. The minimum absolute atomic E-state index is 0.300. The summed E-state index contributed by atoms with van der Waals surface area (Å²) in [6, 6.07) is 27.0. The molecule has 2 aromatic heterocycles. The second kappa shape index (κ2) is 8.83. The van der Waals surface area contributed by atoms with Gasteiger partial charge < -0.3 is 9.73 Å². The average molecular weight is 457 g/mol. The topological polar surface area (TPSA) is 55.1 Å². The number of furan rings is 1. The minimum atomic E-state index is -0.300. The molecule has 0 saturated heterocycles. The lowest BCUT2D eigenvalue weighted by Gasteiger charge is -2.06. The number of fused-ring (bicyclic) bond motifs is 1. The summed E-state index contributed by atoms with van der Waals surface area (Å²) in [6.07, 6.45) is 3.06. The first-order chi connectivity index (χ1) is 15.7. The van der Waals surface area contributed by atoms with Crippen LogP contribution >= 0.6 is 22.9 Å². The number of carbonyl (C=O) groups excluding carboxylic acids is 1. The Morgan fingerprint density at radius 1 is 0.938 bits per heavy atom. The molecule has 0 radical (unpaired) electrons. The number of nitrogens with zero attached hydrogens (tertiary/aromatic N) is 1. The Kier molecular flexibility index (Phi) is 5.58. The van der Waals surface area contributed by atoms with Crippen molar-refractivity contribution in [3.8, 4) is 21.9 Å². The number of benzene rings is 3. The predicted molar refractivity (Wildman–Crippen MR) is 132 cm³/mol. The SMILES string of the molecule is O=C(/C=C/c1ccc(-c2ccccc2)o1)Nc1cc(-c2nc3ccccc3s2)ccc1Cl. The van der Waals surface area contributed by atoms with Gasteiger partial charge in [-0.1, -0.05) is 60.1 Å². The zero-order valence-electron chi connectivity index (χ0n) is 16.8. The van der Waals surface area contributed by atoms with Crippen molar-refractivity contribution in [3.05, 3.63) is 102 Å². The maximum atomic E-state index is 12.5. The summed E-state index contributed by atoms with van der Waals surface area (Å²) in [7, 11) is 0. The number of amides is 1. The van der Waals surface area contributed by atoms with E-state index in [1.54, 1.807) is 23.5 Å². The number of hydrogen-bond donors (Lipinski definition) is 1. The summed E-state index contributed by atoms with van der Waals surface area (Å²) in [6.45, 7) is 0. The van der Waals surface area contributed by atoms with Crippen LogP contribution in [0.4, 0.5) is 5.69 Å². The summed E-state index contributed by atoms with van der Waals surface area (Å²) in [5.41, 5.74) is 3.36. The average Bonchev–Trinajstić information content (AvgIpc) is 3.47. The van der Waals surface area contributed by atoms with Crippen molar-refractivity contribution >= 4 is 50.8 Å². The summed E-state index contributed by atoms with van der Waals surface area (Å²) in [4.78, 5) is 17.2. The molecule has 4 nitrogen and oxygen atoms in total. The lowest BCUT2D eigenvalue weighted by Crippen LogP contribution is -2.08. The van der Waals surface area contributed by atoms with E-state index in [-0.39, 0.29) is 5.91 Å². The lowest BCUT2D eigenvalue weighted by molar-refractivity contribution is -0.111. The highest BCUT2D eigenvalue weighted by Gasteiger charge is 2.10. The number of para-hydroxylation sites is 1. The van der Waals surface area contributed by atoms with Crippen LogP contribution in [0.15, 0.2) is 95.4 Å². The molecule has 0 aliphatic carbocycles. The van der Waals surface area contributed by atoms with Crippen molar-refractivity contribution in [2.24, 2.45) is 0 Å². The van der Waals surface area contributed by atoms with Crippen LogP contribution in [0.25, 0.3) is 38.2 Å². The molecule has 0 saturated carbocycles. The van der Waals surface area contributed by atoms with Crippen LogP contribution in [-0.4, -0.2) is 10.9 Å². The first-order valence-corrected chi connectivity index (χ1v) is 11.1. The molecule has 3 aromatic carbocycles. The molecule has 6 heteroatoms. The fourth-order valence-corrected chi connectivity index (χ4v) is 4.41. The Morgan fingerprint density at radius 2 is 1.75 bits per heavy atom. The molecule has 0 aliphatic heterocycles. The molecule has 0 bridgehead atoms. The monoisotopic (exact) mass is 456 g/mol. The minimum Gasteiger partial charge on any atom is -0.457 e. The predicted octanol–water partition coefficient (Wildman–Crippen LogP) is 7.53. The number of anilines is 1. The van der Waals surface area contributed by atoms with Crippen molar-refractivity contribution in [2.75, 3.05) is 5.32 Å². The van der Waals surface area contributed by atoms with Crippen LogP contribution in [0.1, 0.15) is 5.76 Å². The van der Waals surface area contributed by atoms with E-state index in [1.807, 2.05) is 78.9 Å². The van der Waals surface area contributed by atoms with Gasteiger partial charge in [-0.05, 0) is 42.5 Å². The second-order valence-electron chi connectivity index (χ2n) is 7.07. The van der Waals surface area contributed by atoms with Crippen molar-refractivity contribution in [1.29, 1.82) is 0 Å². The van der Waals surface area contributed by atoms with Gasteiger partial charge in [-0.15, -0.1) is 11.3 Å². The van der Waals surface area contributed by atoms with Crippen molar-refractivity contribution in [1.82, 2.24) is 4.98 Å². The molecular formula is C26H17ClN2O2S. The number of rotatable bonds is 5. The van der Waals surface area contributed by atoms with Gasteiger partial charge in [0.1, 0.15) is 16.5 Å². The van der Waals surface area contributed by atoms with Gasteiger partial charge in [0.2, 0.25) is 5.91 Å². The van der Waals surface area contributed by atoms with E-state index in [4.69, 9.17) is 16.0 Å².